The molecule has 1 atom stereocenters. The summed E-state index contributed by atoms with van der Waals surface area (Å²) in [4.78, 5) is 0. The molecule has 0 aromatic heterocycles. The van der Waals surface area contributed by atoms with E-state index in [9.17, 15) is 0 Å². The maximum Gasteiger partial charge on any atom is 0.196 e. The molecule has 1 unspecified atom stereocenters. The second kappa shape index (κ2) is 5.52. The van der Waals surface area contributed by atoms with E-state index >= 15 is 0 Å². The molecule has 0 aliphatic rings. The maximum absolute atomic E-state index is 5.66. The van der Waals surface area contributed by atoms with E-state index in [1.165, 1.54) is 5.39 Å². The molecule has 0 aliphatic carbocycles. The summed E-state index contributed by atoms with van der Waals surface area (Å²) < 4.78 is 12.1. The number of hydrogen-bond acceptors (Lipinski definition) is 2. The fourth-order valence-electron chi connectivity index (χ4n) is 1.73. The van der Waals surface area contributed by atoms with Crippen molar-refractivity contribution in [1.29, 1.82) is 0 Å². The first-order valence-electron chi connectivity index (χ1n) is 5.66. The average Bonchev–Trinajstić information content (AvgIpc) is 2.29. The first-order valence-corrected chi connectivity index (χ1v) is 6.46. The predicted molar refractivity (Wildman–Crippen MR) is 73.4 cm³/mol. The molecule has 2 aromatic rings. The van der Waals surface area contributed by atoms with Crippen molar-refractivity contribution in [2.75, 3.05) is 6.61 Å². The zero-order chi connectivity index (χ0) is 12.3. The Bertz CT molecular complexity index is 511. The summed E-state index contributed by atoms with van der Waals surface area (Å²) in [7, 11) is 0. The van der Waals surface area contributed by atoms with E-state index in [-0.39, 0.29) is 6.29 Å². The molecule has 0 amide bonds. The molecule has 0 bridgehead atoms. The van der Waals surface area contributed by atoms with Crippen molar-refractivity contribution in [2.45, 2.75) is 20.1 Å². The third-order valence-electron chi connectivity index (χ3n) is 2.48. The summed E-state index contributed by atoms with van der Waals surface area (Å²) in [6, 6.07) is 12.2. The Kier molecular flexibility index (Phi) is 4.02. The lowest BCUT2D eigenvalue weighted by molar-refractivity contribution is -0.0612. The van der Waals surface area contributed by atoms with Crippen molar-refractivity contribution >= 4 is 26.7 Å². The van der Waals surface area contributed by atoms with E-state index in [1.54, 1.807) is 0 Å². The number of hydrogen-bond donors (Lipinski definition) is 0. The third-order valence-corrected chi connectivity index (χ3v) is 2.97. The van der Waals surface area contributed by atoms with Crippen molar-refractivity contribution in [1.82, 2.24) is 0 Å². The highest BCUT2D eigenvalue weighted by Crippen LogP contribution is 2.24. The van der Waals surface area contributed by atoms with E-state index in [1.807, 2.05) is 38.1 Å². The first kappa shape index (κ1) is 12.4. The Morgan fingerprint density at radius 3 is 2.59 bits per heavy atom. The van der Waals surface area contributed by atoms with Crippen molar-refractivity contribution in [2.24, 2.45) is 0 Å². The van der Waals surface area contributed by atoms with Crippen LogP contribution in [0.1, 0.15) is 13.8 Å². The zero-order valence-corrected chi connectivity index (χ0v) is 11.5. The van der Waals surface area contributed by atoms with Gasteiger partial charge in [0.05, 0.1) is 0 Å². The Morgan fingerprint density at radius 2 is 1.82 bits per heavy atom. The summed E-state index contributed by atoms with van der Waals surface area (Å²) in [5.41, 5.74) is 0. The van der Waals surface area contributed by atoms with Gasteiger partial charge in [0.2, 0.25) is 0 Å². The monoisotopic (exact) mass is 294 g/mol. The molecule has 0 heterocycles. The van der Waals surface area contributed by atoms with Gasteiger partial charge in [-0.1, -0.05) is 28.1 Å². The van der Waals surface area contributed by atoms with Gasteiger partial charge in [0.25, 0.3) is 0 Å². The van der Waals surface area contributed by atoms with Gasteiger partial charge in [0, 0.05) is 11.1 Å². The van der Waals surface area contributed by atoms with Crippen molar-refractivity contribution < 1.29 is 9.47 Å². The van der Waals surface area contributed by atoms with E-state index in [4.69, 9.17) is 9.47 Å². The van der Waals surface area contributed by atoms with Crippen molar-refractivity contribution in [3.8, 4) is 5.75 Å². The van der Waals surface area contributed by atoms with Gasteiger partial charge >= 0.3 is 0 Å². The maximum atomic E-state index is 5.66. The molecule has 3 heteroatoms. The fraction of sp³-hybridized carbons (Fsp3) is 0.286. The molecule has 90 valence electrons. The van der Waals surface area contributed by atoms with Gasteiger partial charge in [-0.25, -0.2) is 0 Å². The Balaban J connectivity index is 2.23. The van der Waals surface area contributed by atoms with E-state index in [2.05, 4.69) is 28.1 Å². The van der Waals surface area contributed by atoms with Crippen LogP contribution in [-0.4, -0.2) is 12.9 Å². The average molecular weight is 295 g/mol. The van der Waals surface area contributed by atoms with Gasteiger partial charge in [-0.2, -0.15) is 0 Å². The molecule has 0 spiro atoms. The number of benzene rings is 2. The lowest BCUT2D eigenvalue weighted by atomic mass is 10.1. The van der Waals surface area contributed by atoms with Crippen LogP contribution in [0, 0.1) is 0 Å². The SMILES string of the molecule is CCOC(C)Oc1ccc2cc(Br)ccc2c1. The molecule has 17 heavy (non-hydrogen) atoms. The van der Waals surface area contributed by atoms with E-state index < -0.39 is 0 Å². The molecule has 0 saturated heterocycles. The molecule has 2 aromatic carbocycles. The highest BCUT2D eigenvalue weighted by atomic mass is 79.9. The minimum atomic E-state index is -0.215. The van der Waals surface area contributed by atoms with Crippen LogP contribution in [0.3, 0.4) is 0 Å². The van der Waals surface area contributed by atoms with Gasteiger partial charge in [-0.15, -0.1) is 0 Å². The summed E-state index contributed by atoms with van der Waals surface area (Å²) in [5, 5.41) is 2.35. The van der Waals surface area contributed by atoms with Gasteiger partial charge in [-0.3, -0.25) is 0 Å². The van der Waals surface area contributed by atoms with Crippen LogP contribution in [0.15, 0.2) is 40.9 Å². The van der Waals surface area contributed by atoms with Crippen LogP contribution in [0.4, 0.5) is 0 Å². The quantitative estimate of drug-likeness (QED) is 0.780. The van der Waals surface area contributed by atoms with Crippen LogP contribution < -0.4 is 4.74 Å². The smallest absolute Gasteiger partial charge is 0.196 e. The van der Waals surface area contributed by atoms with Crippen LogP contribution in [0.25, 0.3) is 10.8 Å². The van der Waals surface area contributed by atoms with Crippen LogP contribution in [-0.2, 0) is 4.74 Å². The molecule has 0 saturated carbocycles. The molecule has 0 radical (unpaired) electrons. The van der Waals surface area contributed by atoms with Crippen LogP contribution >= 0.6 is 15.9 Å². The predicted octanol–water partition coefficient (Wildman–Crippen LogP) is 4.36. The molecule has 0 aliphatic heterocycles. The van der Waals surface area contributed by atoms with Crippen LogP contribution in [0.2, 0.25) is 0 Å². The second-order valence-electron chi connectivity index (χ2n) is 3.79. The Morgan fingerprint density at radius 1 is 1.12 bits per heavy atom. The lowest BCUT2D eigenvalue weighted by Crippen LogP contribution is -2.15. The zero-order valence-electron chi connectivity index (χ0n) is 9.94. The molecule has 2 nitrogen and oxygen atoms in total. The number of rotatable bonds is 4. The normalized spacial score (nSPS) is 12.6. The fourth-order valence-corrected chi connectivity index (χ4v) is 2.11. The topological polar surface area (TPSA) is 18.5 Å². The van der Waals surface area contributed by atoms with E-state index in [0.29, 0.717) is 6.61 Å². The number of ether oxygens (including phenoxy) is 2. The summed E-state index contributed by atoms with van der Waals surface area (Å²) in [6.45, 7) is 4.51. The minimum Gasteiger partial charge on any atom is -0.465 e. The summed E-state index contributed by atoms with van der Waals surface area (Å²) in [5.74, 6) is 0.834. The van der Waals surface area contributed by atoms with Gasteiger partial charge < -0.3 is 9.47 Å². The Hall–Kier alpha value is -1.06. The van der Waals surface area contributed by atoms with Gasteiger partial charge in [0.1, 0.15) is 5.75 Å². The first-order chi connectivity index (χ1) is 8.19. The lowest BCUT2D eigenvalue weighted by Gasteiger charge is -2.14. The highest BCUT2D eigenvalue weighted by molar-refractivity contribution is 9.10. The third kappa shape index (κ3) is 3.20. The molecular weight excluding hydrogens is 280 g/mol. The number of halogens is 1. The van der Waals surface area contributed by atoms with Gasteiger partial charge in [0.15, 0.2) is 6.29 Å². The Labute approximate surface area is 110 Å². The second-order valence-corrected chi connectivity index (χ2v) is 4.71. The summed E-state index contributed by atoms with van der Waals surface area (Å²) >= 11 is 3.46. The van der Waals surface area contributed by atoms with E-state index in [0.717, 1.165) is 15.6 Å². The molecule has 0 fully saturated rings. The largest absolute Gasteiger partial charge is 0.465 e. The minimum absolute atomic E-state index is 0.215. The van der Waals surface area contributed by atoms with Crippen molar-refractivity contribution in [3.05, 3.63) is 40.9 Å². The standard InChI is InChI=1S/C14H15BrO2/c1-3-16-10(2)17-14-7-5-11-8-13(15)6-4-12(11)9-14/h4-10H,3H2,1-2H3. The summed E-state index contributed by atoms with van der Waals surface area (Å²) in [6.07, 6.45) is -0.215. The molecule has 2 rings (SSSR count). The molecular formula is C14H15BrO2. The highest BCUT2D eigenvalue weighted by Gasteiger charge is 2.03. The van der Waals surface area contributed by atoms with Gasteiger partial charge in [-0.05, 0) is 48.9 Å². The van der Waals surface area contributed by atoms with Crippen molar-refractivity contribution in [3.63, 3.8) is 0 Å². The number of fused-ring (bicyclic) bond motifs is 1. The molecule has 0 N–H and O–H groups in total. The van der Waals surface area contributed by atoms with Crippen LogP contribution in [0.5, 0.6) is 5.75 Å².